The summed E-state index contributed by atoms with van der Waals surface area (Å²) in [4.78, 5) is 13.0. The monoisotopic (exact) mass is 404 g/mol. The van der Waals surface area contributed by atoms with Gasteiger partial charge in [0.2, 0.25) is 17.2 Å². The van der Waals surface area contributed by atoms with Gasteiger partial charge in [0.25, 0.3) is 0 Å². The standard InChI is InChI=1S/C21H24O8/c1-24-13-8-10-15(25-2)12(11-13)7-9-14(22)16-17(23)19(27-4)21(29-6)20(28-5)18(16)26-3/h7-11,23H,1-6H3/b9-7+. The van der Waals surface area contributed by atoms with Gasteiger partial charge in [-0.15, -0.1) is 0 Å². The van der Waals surface area contributed by atoms with E-state index >= 15 is 0 Å². The molecule has 0 aliphatic rings. The zero-order chi connectivity index (χ0) is 21.6. The molecule has 0 spiro atoms. The van der Waals surface area contributed by atoms with E-state index in [4.69, 9.17) is 28.4 Å². The maximum atomic E-state index is 13.0. The summed E-state index contributed by atoms with van der Waals surface area (Å²) in [6, 6.07) is 5.18. The highest BCUT2D eigenvalue weighted by Crippen LogP contribution is 2.53. The number of phenolic OH excluding ortho intramolecular Hbond substituents is 1. The van der Waals surface area contributed by atoms with Gasteiger partial charge in [0.15, 0.2) is 17.3 Å². The second kappa shape index (κ2) is 9.59. The lowest BCUT2D eigenvalue weighted by Crippen LogP contribution is -2.06. The number of carbonyl (C=O) groups excluding carboxylic acids is 1. The number of benzene rings is 2. The van der Waals surface area contributed by atoms with Crippen molar-refractivity contribution in [3.63, 3.8) is 0 Å². The van der Waals surface area contributed by atoms with E-state index < -0.39 is 11.5 Å². The average molecular weight is 404 g/mol. The number of ketones is 1. The van der Waals surface area contributed by atoms with Gasteiger partial charge in [-0.25, -0.2) is 0 Å². The fourth-order valence-corrected chi connectivity index (χ4v) is 2.85. The van der Waals surface area contributed by atoms with Crippen LogP contribution in [-0.2, 0) is 0 Å². The van der Waals surface area contributed by atoms with E-state index in [2.05, 4.69) is 0 Å². The summed E-state index contributed by atoms with van der Waals surface area (Å²) in [6.07, 6.45) is 2.83. The van der Waals surface area contributed by atoms with Crippen LogP contribution in [-0.4, -0.2) is 53.5 Å². The Balaban J connectivity index is 2.60. The summed E-state index contributed by atoms with van der Waals surface area (Å²) >= 11 is 0. The van der Waals surface area contributed by atoms with Crippen LogP contribution in [0.25, 0.3) is 6.08 Å². The third-order valence-corrected chi connectivity index (χ3v) is 4.21. The van der Waals surface area contributed by atoms with Crippen molar-refractivity contribution in [2.24, 2.45) is 0 Å². The van der Waals surface area contributed by atoms with Crippen LogP contribution in [0.3, 0.4) is 0 Å². The minimum atomic E-state index is -0.538. The fraction of sp³-hybridized carbons (Fsp3) is 0.286. The molecule has 0 unspecified atom stereocenters. The van der Waals surface area contributed by atoms with Gasteiger partial charge in [-0.05, 0) is 30.4 Å². The molecule has 2 rings (SSSR count). The molecule has 0 aromatic heterocycles. The molecule has 156 valence electrons. The Kier molecular flexibility index (Phi) is 7.19. The Bertz CT molecular complexity index is 918. The van der Waals surface area contributed by atoms with Crippen LogP contribution >= 0.6 is 0 Å². The Hall–Kier alpha value is -3.55. The van der Waals surface area contributed by atoms with Crippen molar-refractivity contribution in [2.45, 2.75) is 0 Å². The largest absolute Gasteiger partial charge is 0.504 e. The molecule has 0 aliphatic carbocycles. The van der Waals surface area contributed by atoms with Gasteiger partial charge in [0, 0.05) is 5.56 Å². The molecule has 0 radical (unpaired) electrons. The van der Waals surface area contributed by atoms with Crippen molar-refractivity contribution < 1.29 is 38.3 Å². The SMILES string of the molecule is COc1ccc(OC)c(/C=C/C(=O)c2c(O)c(OC)c(OC)c(OC)c2OC)c1. The van der Waals surface area contributed by atoms with Gasteiger partial charge in [0.05, 0.1) is 42.7 Å². The molecular weight excluding hydrogens is 380 g/mol. The zero-order valence-electron chi connectivity index (χ0n) is 17.2. The summed E-state index contributed by atoms with van der Waals surface area (Å²) in [5, 5.41) is 10.6. The number of carbonyl (C=O) groups is 1. The topological polar surface area (TPSA) is 92.7 Å². The minimum Gasteiger partial charge on any atom is -0.504 e. The number of methoxy groups -OCH3 is 6. The van der Waals surface area contributed by atoms with E-state index in [1.165, 1.54) is 41.6 Å². The molecule has 0 heterocycles. The van der Waals surface area contributed by atoms with E-state index in [1.807, 2.05) is 0 Å². The van der Waals surface area contributed by atoms with Crippen molar-refractivity contribution in [3.05, 3.63) is 35.4 Å². The highest BCUT2D eigenvalue weighted by molar-refractivity contribution is 6.12. The molecule has 0 fully saturated rings. The number of hydrogen-bond acceptors (Lipinski definition) is 8. The molecule has 0 amide bonds. The van der Waals surface area contributed by atoms with Crippen molar-refractivity contribution >= 4 is 11.9 Å². The van der Waals surface area contributed by atoms with Gasteiger partial charge in [0.1, 0.15) is 17.1 Å². The Morgan fingerprint density at radius 2 is 1.38 bits per heavy atom. The molecule has 8 heteroatoms. The first-order chi connectivity index (χ1) is 14.0. The van der Waals surface area contributed by atoms with Gasteiger partial charge >= 0.3 is 0 Å². The zero-order valence-corrected chi connectivity index (χ0v) is 17.2. The highest BCUT2D eigenvalue weighted by Gasteiger charge is 2.30. The van der Waals surface area contributed by atoms with E-state index in [1.54, 1.807) is 31.4 Å². The molecule has 8 nitrogen and oxygen atoms in total. The smallest absolute Gasteiger partial charge is 0.211 e. The summed E-state index contributed by atoms with van der Waals surface area (Å²) in [5.41, 5.74) is 0.492. The maximum absolute atomic E-state index is 13.0. The fourth-order valence-electron chi connectivity index (χ4n) is 2.85. The molecule has 1 N–H and O–H groups in total. The maximum Gasteiger partial charge on any atom is 0.211 e. The molecule has 0 bridgehead atoms. The molecule has 0 atom stereocenters. The summed E-state index contributed by atoms with van der Waals surface area (Å²) in [6.45, 7) is 0. The third-order valence-electron chi connectivity index (χ3n) is 4.21. The number of rotatable bonds is 9. The first-order valence-electron chi connectivity index (χ1n) is 8.50. The van der Waals surface area contributed by atoms with Crippen LogP contribution in [0.15, 0.2) is 24.3 Å². The van der Waals surface area contributed by atoms with Crippen LogP contribution in [0.1, 0.15) is 15.9 Å². The second-order valence-corrected chi connectivity index (χ2v) is 5.66. The number of hydrogen-bond donors (Lipinski definition) is 1. The van der Waals surface area contributed by atoms with Crippen LogP contribution in [0, 0.1) is 0 Å². The van der Waals surface area contributed by atoms with Gasteiger partial charge in [-0.3, -0.25) is 4.79 Å². The van der Waals surface area contributed by atoms with Crippen LogP contribution in [0.4, 0.5) is 0 Å². The number of allylic oxidation sites excluding steroid dienone is 1. The highest BCUT2D eigenvalue weighted by atomic mass is 16.5. The van der Waals surface area contributed by atoms with Crippen molar-refractivity contribution in [3.8, 4) is 40.2 Å². The lowest BCUT2D eigenvalue weighted by molar-refractivity contribution is 0.104. The first-order valence-corrected chi connectivity index (χ1v) is 8.50. The molecular formula is C21H24O8. The first kappa shape index (κ1) is 21.7. The van der Waals surface area contributed by atoms with E-state index in [9.17, 15) is 9.90 Å². The molecule has 0 saturated heterocycles. The minimum absolute atomic E-state index is 0.0231. The summed E-state index contributed by atoms with van der Waals surface area (Å²) in [7, 11) is 8.54. The Morgan fingerprint density at radius 1 is 0.793 bits per heavy atom. The van der Waals surface area contributed by atoms with Crippen molar-refractivity contribution in [2.75, 3.05) is 42.7 Å². The number of ether oxygens (including phenoxy) is 6. The lowest BCUT2D eigenvalue weighted by atomic mass is 10.0. The van der Waals surface area contributed by atoms with Crippen molar-refractivity contribution in [1.82, 2.24) is 0 Å². The van der Waals surface area contributed by atoms with Crippen molar-refractivity contribution in [1.29, 1.82) is 0 Å². The predicted molar refractivity (Wildman–Crippen MR) is 107 cm³/mol. The predicted octanol–water partition coefficient (Wildman–Crippen LogP) is 3.34. The number of phenols is 1. The quantitative estimate of drug-likeness (QED) is 0.503. The molecule has 0 aliphatic heterocycles. The normalized spacial score (nSPS) is 10.6. The third kappa shape index (κ3) is 4.16. The van der Waals surface area contributed by atoms with Crippen LogP contribution < -0.4 is 28.4 Å². The van der Waals surface area contributed by atoms with Crippen LogP contribution in [0.2, 0.25) is 0 Å². The molecule has 2 aromatic carbocycles. The second-order valence-electron chi connectivity index (χ2n) is 5.66. The summed E-state index contributed by atoms with van der Waals surface area (Å²) in [5.74, 6) is 0.412. The van der Waals surface area contributed by atoms with E-state index in [0.717, 1.165) is 0 Å². The summed E-state index contributed by atoms with van der Waals surface area (Å²) < 4.78 is 31.6. The number of aromatic hydroxyl groups is 1. The van der Waals surface area contributed by atoms with E-state index in [-0.39, 0.29) is 28.6 Å². The Morgan fingerprint density at radius 3 is 1.90 bits per heavy atom. The molecule has 0 saturated carbocycles. The molecule has 2 aromatic rings. The lowest BCUT2D eigenvalue weighted by Gasteiger charge is -2.19. The average Bonchev–Trinajstić information content (AvgIpc) is 2.75. The van der Waals surface area contributed by atoms with Gasteiger partial charge in [-0.2, -0.15) is 0 Å². The van der Waals surface area contributed by atoms with Gasteiger partial charge in [-0.1, -0.05) is 0 Å². The molecule has 29 heavy (non-hydrogen) atoms. The Labute approximate surface area is 169 Å². The van der Waals surface area contributed by atoms with Crippen LogP contribution in [0.5, 0.6) is 40.2 Å². The van der Waals surface area contributed by atoms with Gasteiger partial charge < -0.3 is 33.5 Å². The van der Waals surface area contributed by atoms with E-state index in [0.29, 0.717) is 17.1 Å².